The summed E-state index contributed by atoms with van der Waals surface area (Å²) in [6.45, 7) is 0. The third-order valence-electron chi connectivity index (χ3n) is 0. The summed E-state index contributed by atoms with van der Waals surface area (Å²) < 4.78 is 0. The van der Waals surface area contributed by atoms with E-state index < -0.39 is 0 Å². The highest BCUT2D eigenvalue weighted by Crippen LogP contribution is 1.28. The van der Waals surface area contributed by atoms with E-state index in [4.69, 9.17) is 5.73 Å². The molecule has 0 unspecified atom stereocenters. The van der Waals surface area contributed by atoms with Gasteiger partial charge in [-0.2, -0.15) is 0 Å². The van der Waals surface area contributed by atoms with Gasteiger partial charge in [-0.05, 0) is 0 Å². The molecule has 0 amide bonds. The first-order valence-corrected chi connectivity index (χ1v) is 0.512. The third-order valence-corrected chi connectivity index (χ3v) is 0. The SMILES string of the molecule is C#C[N-].[H+].[HH].[Mg]. The molecule has 0 aliphatic carbocycles. The molecule has 0 heterocycles. The first-order valence-electron chi connectivity index (χ1n) is 0.512. The lowest BCUT2D eigenvalue weighted by Crippen LogP contribution is -1.06. The van der Waals surface area contributed by atoms with Crippen LogP contribution < -0.4 is 0 Å². The molecule has 1 nitrogen and oxygen atoms in total. The summed E-state index contributed by atoms with van der Waals surface area (Å²) in [5.74, 6) is 0. The van der Waals surface area contributed by atoms with Crippen molar-refractivity contribution in [3.63, 3.8) is 0 Å². The molecular weight excluding hydrogens is 62.3 g/mol. The van der Waals surface area contributed by atoms with Crippen LogP contribution in [0.1, 0.15) is 2.85 Å². The van der Waals surface area contributed by atoms with Gasteiger partial charge in [0.05, 0.1) is 0 Å². The average molecular weight is 66.4 g/mol. The molecule has 4 heavy (non-hydrogen) atoms. The van der Waals surface area contributed by atoms with Gasteiger partial charge in [0.25, 0.3) is 0 Å². The minimum absolute atomic E-state index is 0. The first-order chi connectivity index (χ1) is 1.41. The summed E-state index contributed by atoms with van der Waals surface area (Å²) >= 11 is 0. The van der Waals surface area contributed by atoms with Crippen LogP contribution in [0.25, 0.3) is 5.73 Å². The fourth-order valence-electron chi connectivity index (χ4n) is 0. The lowest BCUT2D eigenvalue weighted by atomic mass is 11.2. The van der Waals surface area contributed by atoms with Crippen molar-refractivity contribution in [2.24, 2.45) is 0 Å². The Balaban J connectivity index is -0.00000000667. The van der Waals surface area contributed by atoms with E-state index in [2.05, 4.69) is 6.42 Å². The molecule has 0 aromatic rings. The highest BCUT2D eigenvalue weighted by atomic mass is 24.3. The Labute approximate surface area is 44.7 Å². The van der Waals surface area contributed by atoms with Crippen molar-refractivity contribution in [1.82, 2.24) is 0 Å². The van der Waals surface area contributed by atoms with Gasteiger partial charge in [-0.25, -0.2) is 6.04 Å². The Morgan fingerprint density at radius 1 is 2.25 bits per heavy atom. The first kappa shape index (κ1) is 8.92. The van der Waals surface area contributed by atoms with Crippen LogP contribution in [0.15, 0.2) is 0 Å². The average Bonchev–Trinajstić information content (AvgIpc) is 0.918. The van der Waals surface area contributed by atoms with Crippen LogP contribution in [0.4, 0.5) is 0 Å². The smallest absolute Gasteiger partial charge is 0.756 e. The minimum Gasteiger partial charge on any atom is -0.756 e. The van der Waals surface area contributed by atoms with Crippen molar-refractivity contribution >= 4 is 23.1 Å². The standard InChI is InChI=1S/C2HN.Mg.H2/c1-2-3;;/h1H;;1H/q-1;;/p+1. The highest BCUT2D eigenvalue weighted by molar-refractivity contribution is 5.75. The van der Waals surface area contributed by atoms with Crippen LogP contribution in [0, 0.1) is 12.5 Å². The lowest BCUT2D eigenvalue weighted by molar-refractivity contribution is 2.49. The van der Waals surface area contributed by atoms with Crippen molar-refractivity contribution in [3.05, 3.63) is 5.73 Å². The zero-order chi connectivity index (χ0) is 2.71. The van der Waals surface area contributed by atoms with Gasteiger partial charge in [-0.3, -0.25) is 0 Å². The third kappa shape index (κ3) is 169. The summed E-state index contributed by atoms with van der Waals surface area (Å²) in [5, 5.41) is 0. The Morgan fingerprint density at radius 2 is 2.25 bits per heavy atom. The monoisotopic (exact) mass is 66.0 g/mol. The van der Waals surface area contributed by atoms with Gasteiger partial charge in [-0.15, -0.1) is 6.42 Å². The number of hydrogen-bond donors (Lipinski definition) is 0. The molecule has 0 atom stereocenters. The van der Waals surface area contributed by atoms with Crippen LogP contribution in [-0.4, -0.2) is 23.1 Å². The van der Waals surface area contributed by atoms with Crippen LogP contribution in [0.2, 0.25) is 0 Å². The van der Waals surface area contributed by atoms with Crippen LogP contribution in [0.3, 0.4) is 0 Å². The lowest BCUT2D eigenvalue weighted by Gasteiger charge is -1.62. The molecule has 3 radical (unpaired) electrons. The predicted molar refractivity (Wildman–Crippen MR) is 21.2 cm³/mol. The van der Waals surface area contributed by atoms with Crippen LogP contribution in [0.5, 0.6) is 0 Å². The van der Waals surface area contributed by atoms with Gasteiger partial charge in [0.1, 0.15) is 0 Å². The Hall–Kier alpha value is 0.126. The van der Waals surface area contributed by atoms with Crippen LogP contribution in [-0.2, 0) is 0 Å². The summed E-state index contributed by atoms with van der Waals surface area (Å²) in [4.78, 5) is 0. The van der Waals surface area contributed by atoms with Crippen molar-refractivity contribution in [2.75, 3.05) is 0 Å². The Kier molecular flexibility index (Phi) is 24.8. The molecule has 0 aromatic heterocycles. The second kappa shape index (κ2) is 11.1. The maximum absolute atomic E-state index is 7.10. The van der Waals surface area contributed by atoms with E-state index in [1.54, 1.807) is 0 Å². The molecule has 0 fully saturated rings. The van der Waals surface area contributed by atoms with Gasteiger partial charge in [0, 0.05) is 24.5 Å². The highest BCUT2D eigenvalue weighted by Gasteiger charge is 0.785. The number of nitrogens with zero attached hydrogens (tertiary/aromatic N) is 1. The summed E-state index contributed by atoms with van der Waals surface area (Å²) in [6, 6.07) is 1.25. The molecule has 0 N–H and O–H groups in total. The number of rotatable bonds is 0. The fraction of sp³-hybridized carbons (Fsp3) is 0. The predicted octanol–water partition coefficient (Wildman–Crippen LogP) is 0.393. The second-order valence-electron chi connectivity index (χ2n) is 0.129. The molecule has 0 rings (SSSR count). The van der Waals surface area contributed by atoms with Gasteiger partial charge < -0.3 is 5.73 Å². The van der Waals surface area contributed by atoms with Gasteiger partial charge in [0.2, 0.25) is 0 Å². The van der Waals surface area contributed by atoms with E-state index in [1.807, 2.05) is 0 Å². The summed E-state index contributed by atoms with van der Waals surface area (Å²) in [5.41, 5.74) is 7.10. The van der Waals surface area contributed by atoms with E-state index in [0.29, 0.717) is 0 Å². The van der Waals surface area contributed by atoms with Gasteiger partial charge in [-0.1, -0.05) is 0 Å². The van der Waals surface area contributed by atoms with Crippen LogP contribution >= 0.6 is 0 Å². The van der Waals surface area contributed by atoms with E-state index in [9.17, 15) is 0 Å². The van der Waals surface area contributed by atoms with E-state index in [0.717, 1.165) is 0 Å². The van der Waals surface area contributed by atoms with E-state index in [1.165, 1.54) is 6.04 Å². The molecule has 0 aliphatic rings. The molecular formula is C2H4MgN. The zero-order valence-corrected chi connectivity index (χ0v) is 3.65. The zero-order valence-electron chi connectivity index (χ0n) is 3.23. The Bertz CT molecular complexity index is 33.0. The molecule has 0 saturated heterocycles. The fourth-order valence-corrected chi connectivity index (χ4v) is 0. The minimum atomic E-state index is 0. The molecule has 19 valence electrons. The Morgan fingerprint density at radius 3 is 2.25 bits per heavy atom. The van der Waals surface area contributed by atoms with Crippen molar-refractivity contribution < 1.29 is 2.85 Å². The maximum Gasteiger partial charge on any atom is 1.00 e. The summed E-state index contributed by atoms with van der Waals surface area (Å²) in [7, 11) is 0. The molecule has 0 saturated carbocycles. The van der Waals surface area contributed by atoms with E-state index in [-0.39, 0.29) is 25.9 Å². The molecule has 2 heteroatoms. The molecule has 0 aromatic carbocycles. The van der Waals surface area contributed by atoms with Crippen molar-refractivity contribution in [3.8, 4) is 12.5 Å². The maximum atomic E-state index is 7.10. The van der Waals surface area contributed by atoms with Gasteiger partial charge >= 0.3 is 1.43 Å². The number of terminal acetylenes is 1. The van der Waals surface area contributed by atoms with Crippen molar-refractivity contribution in [1.29, 1.82) is 0 Å². The molecule has 0 spiro atoms. The summed E-state index contributed by atoms with van der Waals surface area (Å²) in [6.07, 6.45) is 4.15. The molecule has 0 bridgehead atoms. The largest absolute Gasteiger partial charge is 1.00 e. The number of hydrogen-bond acceptors (Lipinski definition) is 0. The quantitative estimate of drug-likeness (QED) is 0.288. The normalized spacial score (nSPS) is 1.75. The van der Waals surface area contributed by atoms with Gasteiger partial charge in [0.15, 0.2) is 0 Å². The topological polar surface area (TPSA) is 22.3 Å². The van der Waals surface area contributed by atoms with E-state index >= 15 is 0 Å². The van der Waals surface area contributed by atoms with Crippen molar-refractivity contribution in [2.45, 2.75) is 0 Å². The second-order valence-corrected chi connectivity index (χ2v) is 0.129. The molecule has 0 aliphatic heterocycles.